The summed E-state index contributed by atoms with van der Waals surface area (Å²) in [5, 5.41) is 4.68. The molecule has 0 saturated carbocycles. The van der Waals surface area contributed by atoms with Crippen molar-refractivity contribution in [1.29, 1.82) is 0 Å². The van der Waals surface area contributed by atoms with E-state index in [2.05, 4.69) is 5.32 Å². The Hall–Kier alpha value is -3.48. The molecule has 1 N–H and O–H groups in total. The fourth-order valence-electron chi connectivity index (χ4n) is 3.26. The number of carbonyl (C=O) groups excluding carboxylic acids is 2. The van der Waals surface area contributed by atoms with E-state index in [1.165, 1.54) is 0 Å². The molecule has 0 aromatic heterocycles. The van der Waals surface area contributed by atoms with E-state index < -0.39 is 17.5 Å². The fourth-order valence-corrected chi connectivity index (χ4v) is 3.26. The van der Waals surface area contributed by atoms with Crippen molar-refractivity contribution in [3.63, 3.8) is 0 Å². The van der Waals surface area contributed by atoms with E-state index in [-0.39, 0.29) is 24.4 Å². The molecule has 7 heteroatoms. The van der Waals surface area contributed by atoms with Gasteiger partial charge in [0, 0.05) is 32.6 Å². The number of hydrogen-bond donors (Lipinski definition) is 1. The maximum absolute atomic E-state index is 13.6. The molecule has 3 rings (SSSR count). The molecule has 0 radical (unpaired) electrons. The number of fused-ring (bicyclic) bond motifs is 1. The van der Waals surface area contributed by atoms with Crippen molar-refractivity contribution in [3.8, 4) is 5.75 Å². The van der Waals surface area contributed by atoms with Gasteiger partial charge in [0.2, 0.25) is 5.91 Å². The number of amides is 2. The third-order valence-corrected chi connectivity index (χ3v) is 4.99. The SMILES string of the molecule is COc1ccc2cc(CN(C)C(=O)CCCNC(=O)c3ccc(F)cc3F)ccc2c1. The van der Waals surface area contributed by atoms with Gasteiger partial charge in [-0.05, 0) is 53.1 Å². The van der Waals surface area contributed by atoms with Crippen LogP contribution in [-0.4, -0.2) is 37.4 Å². The van der Waals surface area contributed by atoms with Crippen molar-refractivity contribution < 1.29 is 23.1 Å². The molecule has 0 atom stereocenters. The molecule has 31 heavy (non-hydrogen) atoms. The van der Waals surface area contributed by atoms with Gasteiger partial charge in [0.15, 0.2) is 0 Å². The third-order valence-electron chi connectivity index (χ3n) is 4.99. The van der Waals surface area contributed by atoms with Crippen molar-refractivity contribution in [1.82, 2.24) is 10.2 Å². The Bertz CT molecular complexity index is 1100. The summed E-state index contributed by atoms with van der Waals surface area (Å²) >= 11 is 0. The quantitative estimate of drug-likeness (QED) is 0.547. The summed E-state index contributed by atoms with van der Waals surface area (Å²) in [5.74, 6) is -1.55. The van der Waals surface area contributed by atoms with Gasteiger partial charge in [0.1, 0.15) is 17.4 Å². The maximum atomic E-state index is 13.6. The Morgan fingerprint density at radius 2 is 1.74 bits per heavy atom. The first kappa shape index (κ1) is 22.2. The molecule has 0 aliphatic rings. The van der Waals surface area contributed by atoms with Crippen LogP contribution in [0.15, 0.2) is 54.6 Å². The van der Waals surface area contributed by atoms with Crippen LogP contribution in [0.4, 0.5) is 8.78 Å². The van der Waals surface area contributed by atoms with Crippen LogP contribution in [0.25, 0.3) is 10.8 Å². The molecule has 2 amide bonds. The zero-order valence-corrected chi connectivity index (χ0v) is 17.5. The van der Waals surface area contributed by atoms with Crippen LogP contribution in [0, 0.1) is 11.6 Å². The first-order valence-corrected chi connectivity index (χ1v) is 9.91. The summed E-state index contributed by atoms with van der Waals surface area (Å²) in [5.41, 5.74) is 0.785. The highest BCUT2D eigenvalue weighted by molar-refractivity contribution is 5.94. The molecule has 0 fully saturated rings. The molecule has 0 spiro atoms. The van der Waals surface area contributed by atoms with E-state index in [0.29, 0.717) is 19.0 Å². The van der Waals surface area contributed by atoms with Crippen LogP contribution in [0.3, 0.4) is 0 Å². The van der Waals surface area contributed by atoms with E-state index in [1.807, 2.05) is 36.4 Å². The summed E-state index contributed by atoms with van der Waals surface area (Å²) < 4.78 is 31.8. The predicted octanol–water partition coefficient (Wildman–Crippen LogP) is 4.30. The molecule has 5 nitrogen and oxygen atoms in total. The standard InChI is InChI=1S/C24H24F2N2O3/c1-28(15-16-5-6-18-13-20(31-2)9-7-17(18)12-16)23(29)4-3-11-27-24(30)21-10-8-19(25)14-22(21)26/h5-10,12-14H,3-4,11,15H2,1-2H3,(H,27,30). The van der Waals surface area contributed by atoms with Crippen LogP contribution in [-0.2, 0) is 11.3 Å². The van der Waals surface area contributed by atoms with E-state index in [4.69, 9.17) is 4.74 Å². The number of halogens is 2. The molecule has 0 unspecified atom stereocenters. The lowest BCUT2D eigenvalue weighted by atomic mass is 10.1. The number of nitrogens with zero attached hydrogens (tertiary/aromatic N) is 1. The summed E-state index contributed by atoms with van der Waals surface area (Å²) in [6, 6.07) is 14.6. The smallest absolute Gasteiger partial charge is 0.254 e. The van der Waals surface area contributed by atoms with Crippen molar-refractivity contribution >= 4 is 22.6 Å². The predicted molar refractivity (Wildman–Crippen MR) is 115 cm³/mol. The van der Waals surface area contributed by atoms with Crippen LogP contribution < -0.4 is 10.1 Å². The fraction of sp³-hybridized carbons (Fsp3) is 0.250. The molecule has 0 bridgehead atoms. The highest BCUT2D eigenvalue weighted by Gasteiger charge is 2.13. The van der Waals surface area contributed by atoms with Gasteiger partial charge in [-0.3, -0.25) is 9.59 Å². The second-order valence-electron chi connectivity index (χ2n) is 7.28. The van der Waals surface area contributed by atoms with Gasteiger partial charge in [-0.15, -0.1) is 0 Å². The van der Waals surface area contributed by atoms with E-state index >= 15 is 0 Å². The molecule has 162 valence electrons. The lowest BCUT2D eigenvalue weighted by Gasteiger charge is -2.18. The maximum Gasteiger partial charge on any atom is 0.254 e. The summed E-state index contributed by atoms with van der Waals surface area (Å²) in [4.78, 5) is 26.0. The van der Waals surface area contributed by atoms with Crippen LogP contribution in [0.2, 0.25) is 0 Å². The third kappa shape index (κ3) is 5.78. The molecule has 0 aliphatic heterocycles. The second-order valence-corrected chi connectivity index (χ2v) is 7.28. The van der Waals surface area contributed by atoms with Gasteiger partial charge in [-0.25, -0.2) is 8.78 Å². The summed E-state index contributed by atoms with van der Waals surface area (Å²) in [7, 11) is 3.36. The second kappa shape index (κ2) is 10.0. The van der Waals surface area contributed by atoms with Gasteiger partial charge < -0.3 is 15.0 Å². The van der Waals surface area contributed by atoms with Gasteiger partial charge in [-0.2, -0.15) is 0 Å². The molecular weight excluding hydrogens is 402 g/mol. The Kier molecular flexibility index (Phi) is 7.18. The highest BCUT2D eigenvalue weighted by atomic mass is 19.1. The van der Waals surface area contributed by atoms with Crippen molar-refractivity contribution in [3.05, 3.63) is 77.4 Å². The van der Waals surface area contributed by atoms with Crippen LogP contribution in [0.5, 0.6) is 5.75 Å². The van der Waals surface area contributed by atoms with Gasteiger partial charge in [0.05, 0.1) is 12.7 Å². The van der Waals surface area contributed by atoms with E-state index in [1.54, 1.807) is 19.1 Å². The largest absolute Gasteiger partial charge is 0.497 e. The Morgan fingerprint density at radius 3 is 2.48 bits per heavy atom. The lowest BCUT2D eigenvalue weighted by molar-refractivity contribution is -0.130. The normalized spacial score (nSPS) is 10.7. The first-order chi connectivity index (χ1) is 14.9. The minimum atomic E-state index is -0.915. The van der Waals surface area contributed by atoms with Gasteiger partial charge in [-0.1, -0.05) is 18.2 Å². The molecule has 3 aromatic rings. The van der Waals surface area contributed by atoms with E-state index in [0.717, 1.165) is 34.2 Å². The average Bonchev–Trinajstić information content (AvgIpc) is 2.75. The molecule has 0 aliphatic carbocycles. The molecule has 0 saturated heterocycles. The minimum Gasteiger partial charge on any atom is -0.497 e. The Morgan fingerprint density at radius 1 is 1.00 bits per heavy atom. The van der Waals surface area contributed by atoms with Gasteiger partial charge in [0.25, 0.3) is 5.91 Å². The summed E-state index contributed by atoms with van der Waals surface area (Å²) in [6.07, 6.45) is 0.655. The number of rotatable bonds is 8. The monoisotopic (exact) mass is 426 g/mol. The molecular formula is C24H24F2N2O3. The first-order valence-electron chi connectivity index (χ1n) is 9.91. The van der Waals surface area contributed by atoms with Crippen molar-refractivity contribution in [2.24, 2.45) is 0 Å². The summed E-state index contributed by atoms with van der Waals surface area (Å²) in [6.45, 7) is 0.682. The van der Waals surface area contributed by atoms with Gasteiger partial charge >= 0.3 is 0 Å². The zero-order chi connectivity index (χ0) is 22.4. The number of carbonyl (C=O) groups is 2. The molecule has 0 heterocycles. The number of ether oxygens (including phenoxy) is 1. The van der Waals surface area contributed by atoms with Crippen molar-refractivity contribution in [2.45, 2.75) is 19.4 Å². The van der Waals surface area contributed by atoms with Crippen LogP contribution >= 0.6 is 0 Å². The molecule has 3 aromatic carbocycles. The highest BCUT2D eigenvalue weighted by Crippen LogP contribution is 2.22. The zero-order valence-electron chi connectivity index (χ0n) is 17.5. The topological polar surface area (TPSA) is 58.6 Å². The number of hydrogen-bond acceptors (Lipinski definition) is 3. The average molecular weight is 426 g/mol. The number of nitrogens with one attached hydrogen (secondary N) is 1. The number of methoxy groups -OCH3 is 1. The van der Waals surface area contributed by atoms with E-state index in [9.17, 15) is 18.4 Å². The van der Waals surface area contributed by atoms with Crippen LogP contribution in [0.1, 0.15) is 28.8 Å². The Labute approximate surface area is 179 Å². The van der Waals surface area contributed by atoms with Crippen molar-refractivity contribution in [2.75, 3.05) is 20.7 Å². The number of benzene rings is 3. The minimum absolute atomic E-state index is 0.0583. The lowest BCUT2D eigenvalue weighted by Crippen LogP contribution is -2.29. The Balaban J connectivity index is 1.47.